The summed E-state index contributed by atoms with van der Waals surface area (Å²) in [4.78, 5) is 26.3. The van der Waals surface area contributed by atoms with Gasteiger partial charge in [-0.05, 0) is 36.8 Å². The number of hydrogen-bond donors (Lipinski definition) is 1. The van der Waals surface area contributed by atoms with Crippen LogP contribution in [0, 0.1) is 0 Å². The van der Waals surface area contributed by atoms with E-state index in [1.807, 2.05) is 0 Å². The predicted molar refractivity (Wildman–Crippen MR) is 112 cm³/mol. The lowest BCUT2D eigenvalue weighted by Crippen LogP contribution is -2.38. The number of esters is 1. The van der Waals surface area contributed by atoms with Crippen LogP contribution in [0.5, 0.6) is 11.5 Å². The van der Waals surface area contributed by atoms with Gasteiger partial charge in [-0.2, -0.15) is 0 Å². The lowest BCUT2D eigenvalue weighted by Gasteiger charge is -2.27. The molecule has 10 nitrogen and oxygen atoms in total. The molecule has 0 saturated carbocycles. The number of hydrogen-bond acceptors (Lipinski definition) is 8. The molecule has 0 unspecified atom stereocenters. The van der Waals surface area contributed by atoms with Crippen LogP contribution in [0.4, 0.5) is 0 Å². The number of fused-ring (bicyclic) bond motifs is 1. The van der Waals surface area contributed by atoms with Crippen molar-refractivity contribution < 1.29 is 32.2 Å². The Morgan fingerprint density at radius 1 is 1.19 bits per heavy atom. The monoisotopic (exact) mass is 449 g/mol. The lowest BCUT2D eigenvalue weighted by molar-refractivity contribution is -0.151. The van der Waals surface area contributed by atoms with Crippen LogP contribution in [-0.4, -0.2) is 63.7 Å². The summed E-state index contributed by atoms with van der Waals surface area (Å²) in [5.41, 5.74) is 0.979. The Morgan fingerprint density at radius 2 is 1.94 bits per heavy atom. The van der Waals surface area contributed by atoms with Crippen molar-refractivity contribution in [3.8, 4) is 11.5 Å². The van der Waals surface area contributed by atoms with E-state index in [1.54, 1.807) is 23.1 Å². The number of methoxy groups -OCH3 is 2. The van der Waals surface area contributed by atoms with E-state index < -0.39 is 28.0 Å². The van der Waals surface area contributed by atoms with Crippen molar-refractivity contribution >= 4 is 27.7 Å². The van der Waals surface area contributed by atoms with Crippen LogP contribution in [0.1, 0.15) is 12.5 Å². The van der Waals surface area contributed by atoms with E-state index in [0.29, 0.717) is 11.5 Å². The van der Waals surface area contributed by atoms with Gasteiger partial charge in [0, 0.05) is 19.3 Å². The quantitative estimate of drug-likeness (QED) is 0.605. The summed E-state index contributed by atoms with van der Waals surface area (Å²) in [6.45, 7) is 1.87. The molecule has 0 spiro atoms. The molecule has 2 heterocycles. The smallest absolute Gasteiger partial charge is 0.340 e. The van der Waals surface area contributed by atoms with Crippen molar-refractivity contribution in [3.05, 3.63) is 47.7 Å². The molecule has 2 aliphatic heterocycles. The minimum absolute atomic E-state index is 0.141. The first-order valence-electron chi connectivity index (χ1n) is 9.41. The van der Waals surface area contributed by atoms with Gasteiger partial charge in [0.25, 0.3) is 15.9 Å². The fourth-order valence-corrected chi connectivity index (χ4v) is 3.90. The van der Waals surface area contributed by atoms with Crippen molar-refractivity contribution in [3.63, 3.8) is 0 Å². The standard InChI is InChI=1S/C20H23N3O7S/c1-13(19(24)21-11-14-4-6-16(28-2)17(10-14)29-3)30-20(25)15-5-7-18-22-31(26,27)9-8-23(18)12-15/h4-7,10,12-13H,8-9,11H2,1-3H3,(H,21,24)/t13-/m0/s1. The van der Waals surface area contributed by atoms with Crippen molar-refractivity contribution in [1.29, 1.82) is 0 Å². The number of ether oxygens (including phenoxy) is 3. The second-order valence-electron chi connectivity index (χ2n) is 6.80. The van der Waals surface area contributed by atoms with Gasteiger partial charge >= 0.3 is 5.97 Å². The average molecular weight is 449 g/mol. The minimum Gasteiger partial charge on any atom is -0.493 e. The third-order valence-corrected chi connectivity index (χ3v) is 5.79. The molecule has 1 N–H and O–H groups in total. The molecule has 0 aliphatic carbocycles. The molecule has 1 aromatic rings. The first kappa shape index (κ1) is 22.3. The predicted octanol–water partition coefficient (Wildman–Crippen LogP) is 0.749. The number of nitrogens with zero attached hydrogens (tertiary/aromatic N) is 2. The summed E-state index contributed by atoms with van der Waals surface area (Å²) < 4.78 is 42.4. The second-order valence-corrected chi connectivity index (χ2v) is 8.56. The maximum Gasteiger partial charge on any atom is 0.340 e. The first-order valence-corrected chi connectivity index (χ1v) is 11.0. The molecule has 31 heavy (non-hydrogen) atoms. The number of nitrogens with one attached hydrogen (secondary N) is 1. The molecule has 0 radical (unpaired) electrons. The number of carbonyl (C=O) groups excluding carboxylic acids is 2. The number of carbonyl (C=O) groups is 2. The first-order chi connectivity index (χ1) is 14.7. The third kappa shape index (κ3) is 5.43. The van der Waals surface area contributed by atoms with E-state index in [-0.39, 0.29) is 30.3 Å². The van der Waals surface area contributed by atoms with Crippen LogP contribution in [0.2, 0.25) is 0 Å². The van der Waals surface area contributed by atoms with Crippen LogP contribution in [0.15, 0.2) is 46.5 Å². The van der Waals surface area contributed by atoms with Crippen LogP contribution in [0.25, 0.3) is 0 Å². The van der Waals surface area contributed by atoms with E-state index in [9.17, 15) is 18.0 Å². The average Bonchev–Trinajstić information content (AvgIpc) is 2.76. The number of amides is 1. The number of amidine groups is 1. The highest BCUT2D eigenvalue weighted by Crippen LogP contribution is 2.27. The zero-order valence-corrected chi connectivity index (χ0v) is 18.1. The Bertz CT molecular complexity index is 1080. The topological polar surface area (TPSA) is 124 Å². The van der Waals surface area contributed by atoms with Gasteiger partial charge in [-0.15, -0.1) is 4.40 Å². The maximum atomic E-state index is 12.4. The van der Waals surface area contributed by atoms with E-state index in [0.717, 1.165) is 5.56 Å². The molecule has 1 atom stereocenters. The van der Waals surface area contributed by atoms with Gasteiger partial charge in [-0.1, -0.05) is 6.07 Å². The Hall–Kier alpha value is -3.34. The van der Waals surface area contributed by atoms with Gasteiger partial charge in [0.1, 0.15) is 5.84 Å². The Balaban J connectivity index is 1.56. The fourth-order valence-electron chi connectivity index (χ4n) is 2.93. The molecule has 0 aromatic heterocycles. The summed E-state index contributed by atoms with van der Waals surface area (Å²) >= 11 is 0. The molecular formula is C20H23N3O7S. The van der Waals surface area contributed by atoms with Crippen molar-refractivity contribution in [2.75, 3.05) is 26.5 Å². The molecule has 0 bridgehead atoms. The summed E-state index contributed by atoms with van der Waals surface area (Å²) in [5.74, 6) is 0.0557. The highest BCUT2D eigenvalue weighted by atomic mass is 32.2. The zero-order valence-electron chi connectivity index (χ0n) is 17.3. The van der Waals surface area contributed by atoms with Gasteiger partial charge in [-0.25, -0.2) is 13.2 Å². The summed E-state index contributed by atoms with van der Waals surface area (Å²) in [6.07, 6.45) is 3.27. The SMILES string of the molecule is COc1ccc(CNC(=O)[C@H](C)OC(=O)C2=CN3CCS(=O)(=O)N=C3C=C2)cc1OC. The van der Waals surface area contributed by atoms with Crippen LogP contribution in [0.3, 0.4) is 0 Å². The molecule has 2 aliphatic rings. The molecule has 1 amide bonds. The lowest BCUT2D eigenvalue weighted by atomic mass is 10.2. The normalized spacial score (nSPS) is 17.6. The summed E-state index contributed by atoms with van der Waals surface area (Å²) in [7, 11) is -0.421. The molecule has 11 heteroatoms. The highest BCUT2D eigenvalue weighted by Gasteiger charge is 2.27. The van der Waals surface area contributed by atoms with Gasteiger partial charge in [0.2, 0.25) is 0 Å². The van der Waals surface area contributed by atoms with E-state index in [2.05, 4.69) is 9.71 Å². The Morgan fingerprint density at radius 3 is 2.65 bits per heavy atom. The van der Waals surface area contributed by atoms with Crippen LogP contribution >= 0.6 is 0 Å². The minimum atomic E-state index is -3.48. The number of sulfonamides is 1. The van der Waals surface area contributed by atoms with Crippen LogP contribution in [-0.2, 0) is 30.9 Å². The Kier molecular flexibility index (Phi) is 6.64. The van der Waals surface area contributed by atoms with E-state index >= 15 is 0 Å². The summed E-state index contributed by atoms with van der Waals surface area (Å²) in [5, 5.41) is 2.70. The molecule has 166 valence electrons. The fraction of sp³-hybridized carbons (Fsp3) is 0.350. The van der Waals surface area contributed by atoms with E-state index in [4.69, 9.17) is 14.2 Å². The highest BCUT2D eigenvalue weighted by molar-refractivity contribution is 7.90. The van der Waals surface area contributed by atoms with Crippen LogP contribution < -0.4 is 14.8 Å². The van der Waals surface area contributed by atoms with Gasteiger partial charge < -0.3 is 24.4 Å². The van der Waals surface area contributed by atoms with E-state index in [1.165, 1.54) is 39.5 Å². The third-order valence-electron chi connectivity index (χ3n) is 4.63. The van der Waals surface area contributed by atoms with Crippen molar-refractivity contribution in [2.24, 2.45) is 4.40 Å². The molecule has 1 aromatic carbocycles. The molecular weight excluding hydrogens is 426 g/mol. The number of benzene rings is 1. The maximum absolute atomic E-state index is 12.4. The zero-order chi connectivity index (χ0) is 22.6. The van der Waals surface area contributed by atoms with Gasteiger partial charge in [0.05, 0.1) is 25.5 Å². The van der Waals surface area contributed by atoms with Gasteiger partial charge in [0.15, 0.2) is 17.6 Å². The Labute approximate surface area is 180 Å². The second kappa shape index (κ2) is 9.21. The summed E-state index contributed by atoms with van der Waals surface area (Å²) in [6, 6.07) is 5.26. The van der Waals surface area contributed by atoms with Gasteiger partial charge in [-0.3, -0.25) is 4.79 Å². The number of rotatable bonds is 7. The molecule has 0 fully saturated rings. The molecule has 0 saturated heterocycles. The van der Waals surface area contributed by atoms with Crippen molar-refractivity contribution in [2.45, 2.75) is 19.6 Å². The largest absolute Gasteiger partial charge is 0.493 e. The molecule has 3 rings (SSSR count). The van der Waals surface area contributed by atoms with Crippen molar-refractivity contribution in [1.82, 2.24) is 10.2 Å².